The van der Waals surface area contributed by atoms with Crippen LogP contribution in [0.25, 0.3) is 27.9 Å². The van der Waals surface area contributed by atoms with Crippen molar-refractivity contribution in [3.8, 4) is 11.3 Å². The summed E-state index contributed by atoms with van der Waals surface area (Å²) in [5.41, 5.74) is 4.50. The molecule has 1 aliphatic carbocycles. The lowest BCUT2D eigenvalue weighted by Crippen LogP contribution is -2.29. The van der Waals surface area contributed by atoms with Gasteiger partial charge in [-0.2, -0.15) is 10.1 Å². The molecular formula is C20H23N7O. The molecule has 0 unspecified atom stereocenters. The first-order chi connectivity index (χ1) is 13.7. The Balaban J connectivity index is 1.41. The van der Waals surface area contributed by atoms with Crippen LogP contribution in [0.4, 0.5) is 5.95 Å². The maximum atomic E-state index is 5.45. The number of H-pyrrole nitrogens is 1. The Hall–Kier alpha value is -3.00. The van der Waals surface area contributed by atoms with Gasteiger partial charge < -0.3 is 15.0 Å². The highest BCUT2D eigenvalue weighted by Crippen LogP contribution is 2.28. The predicted octanol–water partition coefficient (Wildman–Crippen LogP) is 3.35. The van der Waals surface area contributed by atoms with Gasteiger partial charge in [0.1, 0.15) is 5.65 Å². The van der Waals surface area contributed by atoms with E-state index in [1.807, 2.05) is 42.2 Å². The maximum absolute atomic E-state index is 5.45. The Morgan fingerprint density at radius 2 is 2.00 bits per heavy atom. The van der Waals surface area contributed by atoms with Crippen molar-refractivity contribution in [2.45, 2.75) is 44.8 Å². The number of rotatable bonds is 4. The van der Waals surface area contributed by atoms with E-state index in [0.717, 1.165) is 59.3 Å². The lowest BCUT2D eigenvalue weighted by molar-refractivity contribution is 0.0681. The summed E-state index contributed by atoms with van der Waals surface area (Å²) in [5.74, 6) is 0.663. The zero-order valence-corrected chi connectivity index (χ0v) is 16.0. The van der Waals surface area contributed by atoms with E-state index in [4.69, 9.17) is 9.84 Å². The Labute approximate surface area is 162 Å². The second kappa shape index (κ2) is 6.87. The fraction of sp³-hybridized carbons (Fsp3) is 0.400. The first-order valence-electron chi connectivity index (χ1n) is 9.66. The van der Waals surface area contributed by atoms with Crippen molar-refractivity contribution in [1.29, 1.82) is 0 Å². The minimum atomic E-state index is 0.386. The zero-order chi connectivity index (χ0) is 19.1. The molecule has 4 aromatic rings. The van der Waals surface area contributed by atoms with Crippen molar-refractivity contribution < 1.29 is 4.74 Å². The second-order valence-corrected chi connectivity index (χ2v) is 7.40. The quantitative estimate of drug-likeness (QED) is 0.567. The number of nitrogens with one attached hydrogen (secondary N) is 2. The van der Waals surface area contributed by atoms with Gasteiger partial charge in [-0.3, -0.25) is 0 Å². The largest absolute Gasteiger partial charge is 0.381 e. The van der Waals surface area contributed by atoms with Crippen molar-refractivity contribution in [3.05, 3.63) is 36.4 Å². The Bertz CT molecular complexity index is 1120. The summed E-state index contributed by atoms with van der Waals surface area (Å²) >= 11 is 0. The van der Waals surface area contributed by atoms with Crippen molar-refractivity contribution in [2.75, 3.05) is 12.4 Å². The van der Waals surface area contributed by atoms with E-state index in [1.54, 1.807) is 7.11 Å². The normalized spacial score (nSPS) is 20.1. The highest BCUT2D eigenvalue weighted by molar-refractivity contribution is 5.92. The molecular weight excluding hydrogens is 354 g/mol. The average Bonchev–Trinajstić information content (AvgIpc) is 3.32. The molecule has 0 aromatic carbocycles. The summed E-state index contributed by atoms with van der Waals surface area (Å²) in [6, 6.07) is 4.35. The molecule has 1 saturated carbocycles. The molecule has 0 spiro atoms. The molecule has 0 aliphatic heterocycles. The van der Waals surface area contributed by atoms with Crippen LogP contribution < -0.4 is 5.32 Å². The molecule has 2 N–H and O–H groups in total. The molecule has 28 heavy (non-hydrogen) atoms. The summed E-state index contributed by atoms with van der Waals surface area (Å²) in [5, 5.41) is 9.14. The molecule has 4 aromatic heterocycles. The number of methoxy groups -OCH3 is 1. The predicted molar refractivity (Wildman–Crippen MR) is 107 cm³/mol. The highest BCUT2D eigenvalue weighted by Gasteiger charge is 2.21. The number of aromatic amines is 1. The van der Waals surface area contributed by atoms with E-state index in [9.17, 15) is 0 Å². The van der Waals surface area contributed by atoms with E-state index >= 15 is 0 Å². The van der Waals surface area contributed by atoms with Gasteiger partial charge in [0.15, 0.2) is 5.65 Å². The molecule has 4 heterocycles. The van der Waals surface area contributed by atoms with Gasteiger partial charge in [-0.25, -0.2) is 14.5 Å². The Morgan fingerprint density at radius 3 is 2.82 bits per heavy atom. The summed E-state index contributed by atoms with van der Waals surface area (Å²) < 4.78 is 7.29. The summed E-state index contributed by atoms with van der Waals surface area (Å²) in [7, 11) is 1.79. The number of anilines is 1. The van der Waals surface area contributed by atoms with Crippen molar-refractivity contribution in [3.63, 3.8) is 0 Å². The third-order valence-electron chi connectivity index (χ3n) is 5.58. The van der Waals surface area contributed by atoms with Crippen LogP contribution in [0.15, 0.2) is 30.7 Å². The molecule has 0 amide bonds. The number of aryl methyl sites for hydroxylation is 1. The topological polar surface area (TPSA) is 93.0 Å². The second-order valence-electron chi connectivity index (χ2n) is 7.40. The van der Waals surface area contributed by atoms with Gasteiger partial charge in [0.05, 0.1) is 23.7 Å². The first-order valence-corrected chi connectivity index (χ1v) is 9.66. The van der Waals surface area contributed by atoms with Gasteiger partial charge in [-0.05, 0) is 44.7 Å². The Morgan fingerprint density at radius 1 is 1.14 bits per heavy atom. The number of ether oxygens (including phenoxy) is 1. The molecule has 5 rings (SSSR count). The monoisotopic (exact) mass is 377 g/mol. The average molecular weight is 377 g/mol. The number of fused-ring (bicyclic) bond motifs is 2. The molecule has 0 saturated heterocycles. The van der Waals surface area contributed by atoms with Crippen LogP contribution in [0.3, 0.4) is 0 Å². The van der Waals surface area contributed by atoms with E-state index in [0.29, 0.717) is 18.1 Å². The van der Waals surface area contributed by atoms with Gasteiger partial charge in [0.25, 0.3) is 0 Å². The van der Waals surface area contributed by atoms with E-state index in [1.165, 1.54) is 0 Å². The minimum Gasteiger partial charge on any atom is -0.381 e. The minimum absolute atomic E-state index is 0.386. The molecule has 144 valence electrons. The van der Waals surface area contributed by atoms with Gasteiger partial charge in [0, 0.05) is 36.5 Å². The molecule has 0 radical (unpaired) electrons. The van der Waals surface area contributed by atoms with E-state index in [2.05, 4.69) is 25.3 Å². The fourth-order valence-corrected chi connectivity index (χ4v) is 3.95. The molecule has 1 fully saturated rings. The third kappa shape index (κ3) is 2.99. The maximum Gasteiger partial charge on any atom is 0.224 e. The van der Waals surface area contributed by atoms with Crippen LogP contribution in [0.2, 0.25) is 0 Å². The van der Waals surface area contributed by atoms with Crippen LogP contribution in [-0.4, -0.2) is 48.8 Å². The molecule has 0 atom stereocenters. The van der Waals surface area contributed by atoms with Crippen molar-refractivity contribution in [2.24, 2.45) is 0 Å². The molecule has 1 aliphatic rings. The lowest BCUT2D eigenvalue weighted by atomic mass is 9.93. The van der Waals surface area contributed by atoms with E-state index < -0.39 is 0 Å². The third-order valence-corrected chi connectivity index (χ3v) is 5.58. The van der Waals surface area contributed by atoms with Crippen LogP contribution in [0.5, 0.6) is 0 Å². The zero-order valence-electron chi connectivity index (χ0n) is 16.0. The van der Waals surface area contributed by atoms with Crippen molar-refractivity contribution >= 4 is 22.6 Å². The molecule has 0 bridgehead atoms. The summed E-state index contributed by atoms with van der Waals surface area (Å²) in [4.78, 5) is 16.8. The Kier molecular flexibility index (Phi) is 4.20. The highest BCUT2D eigenvalue weighted by atomic mass is 16.5. The summed E-state index contributed by atoms with van der Waals surface area (Å²) in [6.07, 6.45) is 10.3. The fourth-order valence-electron chi connectivity index (χ4n) is 3.95. The van der Waals surface area contributed by atoms with Crippen LogP contribution in [-0.2, 0) is 4.74 Å². The number of aromatic nitrogens is 6. The number of hydrogen-bond acceptors (Lipinski definition) is 6. The SMILES string of the molecule is COC1CCC(Nc2ncc3c(-c4ccc5ncc(C)n5n4)c[nH]c3n2)CC1. The van der Waals surface area contributed by atoms with Crippen LogP contribution >= 0.6 is 0 Å². The van der Waals surface area contributed by atoms with Gasteiger partial charge in [0.2, 0.25) is 5.95 Å². The van der Waals surface area contributed by atoms with Crippen molar-refractivity contribution in [1.82, 2.24) is 29.5 Å². The van der Waals surface area contributed by atoms with E-state index in [-0.39, 0.29) is 0 Å². The summed E-state index contributed by atoms with van der Waals surface area (Å²) in [6.45, 7) is 1.99. The number of hydrogen-bond donors (Lipinski definition) is 2. The number of imidazole rings is 1. The lowest BCUT2D eigenvalue weighted by Gasteiger charge is -2.28. The van der Waals surface area contributed by atoms with Gasteiger partial charge in [-0.1, -0.05) is 0 Å². The smallest absolute Gasteiger partial charge is 0.224 e. The van der Waals surface area contributed by atoms with Gasteiger partial charge in [-0.15, -0.1) is 0 Å². The van der Waals surface area contributed by atoms with Crippen LogP contribution in [0, 0.1) is 6.92 Å². The molecule has 8 heteroatoms. The van der Waals surface area contributed by atoms with Gasteiger partial charge >= 0.3 is 0 Å². The number of nitrogens with zero attached hydrogens (tertiary/aromatic N) is 5. The molecule has 8 nitrogen and oxygen atoms in total. The first kappa shape index (κ1) is 17.1. The standard InChI is InChI=1S/C20H23N7O/c1-12-9-21-18-8-7-17(26-27(12)18)15-10-22-19-16(15)11-23-20(25-19)24-13-3-5-14(28-2)6-4-13/h7-11,13-14H,3-6H2,1-2H3,(H2,22,23,24,25). The van der Waals surface area contributed by atoms with Crippen LogP contribution in [0.1, 0.15) is 31.4 Å².